The first-order valence-electron chi connectivity index (χ1n) is 8.19. The first-order chi connectivity index (χ1) is 13.3. The van der Waals surface area contributed by atoms with Gasteiger partial charge in [-0.2, -0.15) is 0 Å². The van der Waals surface area contributed by atoms with Crippen LogP contribution in [0.3, 0.4) is 0 Å². The second kappa shape index (κ2) is 6.84. The van der Waals surface area contributed by atoms with Crippen molar-refractivity contribution in [2.45, 2.75) is 17.1 Å². The van der Waals surface area contributed by atoms with Crippen LogP contribution in [0.25, 0.3) is 11.5 Å². The molecule has 1 atom stereocenters. The lowest BCUT2D eigenvalue weighted by Crippen LogP contribution is -2.21. The molecule has 27 heavy (non-hydrogen) atoms. The van der Waals surface area contributed by atoms with Gasteiger partial charge in [0.2, 0.25) is 11.9 Å². The van der Waals surface area contributed by atoms with E-state index >= 15 is 0 Å². The largest absolute Gasteiger partial charge is 0.485 e. The first-order valence-corrected chi connectivity index (χ1v) is 9.18. The molecule has 0 bridgehead atoms. The Kier molecular flexibility index (Phi) is 4.06. The topological polar surface area (TPSA) is 96.6 Å². The number of para-hydroxylation sites is 2. The molecule has 0 fully saturated rings. The third-order valence-electron chi connectivity index (χ3n) is 3.87. The summed E-state index contributed by atoms with van der Waals surface area (Å²) in [4.78, 5) is 0. The van der Waals surface area contributed by atoms with Crippen molar-refractivity contribution in [3.63, 3.8) is 0 Å². The van der Waals surface area contributed by atoms with Gasteiger partial charge in [-0.25, -0.2) is 0 Å². The molecule has 0 saturated heterocycles. The Morgan fingerprint density at radius 3 is 2.85 bits per heavy atom. The molecule has 8 nitrogen and oxygen atoms in total. The molecule has 1 aromatic carbocycles. The fourth-order valence-electron chi connectivity index (χ4n) is 2.60. The fraction of sp³-hybridized carbons (Fsp3) is 0.167. The lowest BCUT2D eigenvalue weighted by Gasteiger charge is -2.23. The minimum atomic E-state index is -0.431. The Labute approximate surface area is 157 Å². The molecule has 0 saturated carbocycles. The molecule has 3 aromatic heterocycles. The van der Waals surface area contributed by atoms with E-state index in [9.17, 15) is 0 Å². The van der Waals surface area contributed by atoms with E-state index in [0.717, 1.165) is 5.69 Å². The third kappa shape index (κ3) is 3.28. The standard InChI is InChI=1S/C18H13N3O5S/c1-2-5-14-12(4-1)23-9-16(24-14)17-19-20-18(25-17)27-10-11-8-15(26-21-11)13-6-3-7-22-13/h1-8,16H,9-10H2/t16-/m0/s1. The van der Waals surface area contributed by atoms with Gasteiger partial charge >= 0.3 is 0 Å². The highest BCUT2D eigenvalue weighted by molar-refractivity contribution is 7.98. The van der Waals surface area contributed by atoms with Crippen molar-refractivity contribution in [1.82, 2.24) is 15.4 Å². The molecule has 5 rings (SSSR count). The molecule has 1 aliphatic heterocycles. The van der Waals surface area contributed by atoms with Gasteiger partial charge in [0.15, 0.2) is 17.3 Å². The molecule has 9 heteroatoms. The van der Waals surface area contributed by atoms with Crippen molar-refractivity contribution >= 4 is 11.8 Å². The number of benzene rings is 1. The van der Waals surface area contributed by atoms with Gasteiger partial charge in [-0.1, -0.05) is 29.1 Å². The maximum absolute atomic E-state index is 5.87. The van der Waals surface area contributed by atoms with Crippen LogP contribution in [0.15, 0.2) is 67.3 Å². The van der Waals surface area contributed by atoms with E-state index in [4.69, 9.17) is 22.8 Å². The molecule has 1 aliphatic rings. The zero-order chi connectivity index (χ0) is 18.1. The van der Waals surface area contributed by atoms with Crippen LogP contribution in [0.4, 0.5) is 0 Å². The van der Waals surface area contributed by atoms with Crippen LogP contribution in [-0.2, 0) is 5.75 Å². The average molecular weight is 383 g/mol. The van der Waals surface area contributed by atoms with E-state index in [-0.39, 0.29) is 0 Å². The van der Waals surface area contributed by atoms with Crippen molar-refractivity contribution in [3.8, 4) is 23.0 Å². The summed E-state index contributed by atoms with van der Waals surface area (Å²) in [6.07, 6.45) is 1.15. The predicted molar refractivity (Wildman–Crippen MR) is 93.4 cm³/mol. The van der Waals surface area contributed by atoms with Crippen LogP contribution in [-0.4, -0.2) is 22.0 Å². The van der Waals surface area contributed by atoms with E-state index in [0.29, 0.717) is 46.5 Å². The van der Waals surface area contributed by atoms with E-state index in [2.05, 4.69) is 15.4 Å². The summed E-state index contributed by atoms with van der Waals surface area (Å²) in [5.41, 5.74) is 0.748. The quantitative estimate of drug-likeness (QED) is 0.471. The Bertz CT molecular complexity index is 1040. The SMILES string of the molecule is c1coc(-c2cc(CSc3nnc([C@@H]4COc5ccccc5O4)o3)no2)c1. The van der Waals surface area contributed by atoms with Crippen LogP contribution in [0.2, 0.25) is 0 Å². The summed E-state index contributed by atoms with van der Waals surface area (Å²) < 4.78 is 27.8. The van der Waals surface area contributed by atoms with E-state index in [1.165, 1.54) is 11.8 Å². The lowest BCUT2D eigenvalue weighted by atomic mass is 10.2. The summed E-state index contributed by atoms with van der Waals surface area (Å²) in [7, 11) is 0. The Balaban J connectivity index is 1.23. The second-order valence-corrected chi connectivity index (χ2v) is 6.65. The summed E-state index contributed by atoms with van der Waals surface area (Å²) in [6.45, 7) is 0.319. The summed E-state index contributed by atoms with van der Waals surface area (Å²) in [5, 5.41) is 12.6. The normalized spacial score (nSPS) is 15.8. The monoisotopic (exact) mass is 383 g/mol. The van der Waals surface area contributed by atoms with E-state index in [1.807, 2.05) is 36.4 Å². The predicted octanol–water partition coefficient (Wildman–Crippen LogP) is 4.12. The number of hydrogen-bond acceptors (Lipinski definition) is 9. The molecule has 0 N–H and O–H groups in total. The van der Waals surface area contributed by atoms with Gasteiger partial charge in [0.1, 0.15) is 6.61 Å². The minimum Gasteiger partial charge on any atom is -0.485 e. The van der Waals surface area contributed by atoms with Crippen LogP contribution in [0, 0.1) is 0 Å². The average Bonchev–Trinajstić information content (AvgIpc) is 3.47. The number of ether oxygens (including phenoxy) is 2. The molecular formula is C18H13N3O5S. The first kappa shape index (κ1) is 16.0. The number of hydrogen-bond donors (Lipinski definition) is 0. The summed E-state index contributed by atoms with van der Waals surface area (Å²) in [6, 6.07) is 12.9. The van der Waals surface area contributed by atoms with Crippen LogP contribution in [0.5, 0.6) is 11.5 Å². The van der Waals surface area contributed by atoms with Gasteiger partial charge in [0.05, 0.1) is 12.0 Å². The summed E-state index contributed by atoms with van der Waals surface area (Å²) in [5.74, 6) is 3.48. The number of nitrogens with zero attached hydrogens (tertiary/aromatic N) is 3. The number of fused-ring (bicyclic) bond motifs is 1. The van der Waals surface area contributed by atoms with Gasteiger partial charge in [0.25, 0.3) is 11.1 Å². The molecule has 4 aromatic rings. The Morgan fingerprint density at radius 2 is 1.96 bits per heavy atom. The number of aromatic nitrogens is 3. The number of thioether (sulfide) groups is 1. The van der Waals surface area contributed by atoms with E-state index < -0.39 is 6.10 Å². The van der Waals surface area contributed by atoms with Crippen molar-refractivity contribution < 1.29 is 22.8 Å². The van der Waals surface area contributed by atoms with Crippen LogP contribution in [0.1, 0.15) is 17.7 Å². The van der Waals surface area contributed by atoms with Gasteiger partial charge in [-0.05, 0) is 24.3 Å². The van der Waals surface area contributed by atoms with Gasteiger partial charge in [0, 0.05) is 11.8 Å². The molecule has 0 unspecified atom stereocenters. The van der Waals surface area contributed by atoms with Crippen molar-refractivity contribution in [2.24, 2.45) is 0 Å². The highest BCUT2D eigenvalue weighted by atomic mass is 32.2. The fourth-order valence-corrected chi connectivity index (χ4v) is 3.25. The number of furan rings is 1. The van der Waals surface area contributed by atoms with Crippen LogP contribution >= 0.6 is 11.8 Å². The van der Waals surface area contributed by atoms with Crippen LogP contribution < -0.4 is 9.47 Å². The van der Waals surface area contributed by atoms with Crippen molar-refractivity contribution in [3.05, 3.63) is 60.3 Å². The molecule has 0 radical (unpaired) electrons. The molecule has 136 valence electrons. The van der Waals surface area contributed by atoms with E-state index in [1.54, 1.807) is 12.3 Å². The lowest BCUT2D eigenvalue weighted by molar-refractivity contribution is 0.0686. The van der Waals surface area contributed by atoms with Gasteiger partial charge < -0.3 is 22.8 Å². The Morgan fingerprint density at radius 1 is 1.04 bits per heavy atom. The zero-order valence-corrected chi connectivity index (χ0v) is 14.7. The Hall–Kier alpha value is -3.20. The smallest absolute Gasteiger partial charge is 0.277 e. The highest BCUT2D eigenvalue weighted by Gasteiger charge is 2.27. The molecule has 0 spiro atoms. The minimum absolute atomic E-state index is 0.319. The van der Waals surface area contributed by atoms with Gasteiger partial charge in [-0.15, -0.1) is 10.2 Å². The molecular weight excluding hydrogens is 370 g/mol. The third-order valence-corrected chi connectivity index (χ3v) is 4.72. The maximum Gasteiger partial charge on any atom is 0.277 e. The molecule has 4 heterocycles. The molecule has 0 aliphatic carbocycles. The summed E-state index contributed by atoms with van der Waals surface area (Å²) >= 11 is 1.36. The number of rotatable bonds is 5. The molecule has 0 amide bonds. The zero-order valence-electron chi connectivity index (χ0n) is 13.9. The van der Waals surface area contributed by atoms with Gasteiger partial charge in [-0.3, -0.25) is 0 Å². The highest BCUT2D eigenvalue weighted by Crippen LogP contribution is 2.36. The van der Waals surface area contributed by atoms with Crippen molar-refractivity contribution in [2.75, 3.05) is 6.61 Å². The maximum atomic E-state index is 5.87. The second-order valence-electron chi connectivity index (χ2n) is 5.72. The van der Waals surface area contributed by atoms with Crippen molar-refractivity contribution in [1.29, 1.82) is 0 Å².